The van der Waals surface area contributed by atoms with E-state index in [4.69, 9.17) is 11.6 Å². The highest BCUT2D eigenvalue weighted by atomic mass is 35.5. The lowest BCUT2D eigenvalue weighted by molar-refractivity contribution is 0.102. The Hall–Kier alpha value is -1.82. The number of carbonyl (C=O) groups is 1. The van der Waals surface area contributed by atoms with Crippen molar-refractivity contribution in [3.8, 4) is 0 Å². The van der Waals surface area contributed by atoms with Gasteiger partial charge in [0.25, 0.3) is 0 Å². The van der Waals surface area contributed by atoms with Gasteiger partial charge in [0.05, 0.1) is 16.8 Å². The van der Waals surface area contributed by atoms with E-state index in [1.165, 1.54) is 10.9 Å². The minimum Gasteiger partial charge on any atom is -0.287 e. The first-order chi connectivity index (χ1) is 9.45. The molecule has 0 saturated carbocycles. The lowest BCUT2D eigenvalue weighted by Crippen LogP contribution is -2.15. The second kappa shape index (κ2) is 5.66. The Morgan fingerprint density at radius 3 is 2.45 bits per heavy atom. The van der Waals surface area contributed by atoms with Gasteiger partial charge in [-0.25, -0.2) is 13.2 Å². The number of benzene rings is 1. The Kier molecular flexibility index (Phi) is 4.13. The summed E-state index contributed by atoms with van der Waals surface area (Å²) in [5.41, 5.74) is -0.955. The summed E-state index contributed by atoms with van der Waals surface area (Å²) in [5, 5.41) is 3.87. The van der Waals surface area contributed by atoms with Gasteiger partial charge in [-0.05, 0) is 6.42 Å². The summed E-state index contributed by atoms with van der Waals surface area (Å²) in [4.78, 5) is 12.2. The normalized spacial score (nSPS) is 10.8. The summed E-state index contributed by atoms with van der Waals surface area (Å²) in [6.45, 7) is 2.22. The molecule has 20 heavy (non-hydrogen) atoms. The van der Waals surface area contributed by atoms with Gasteiger partial charge < -0.3 is 0 Å². The third-order valence-electron chi connectivity index (χ3n) is 2.68. The van der Waals surface area contributed by atoms with Crippen LogP contribution in [0.5, 0.6) is 0 Å². The van der Waals surface area contributed by atoms with Crippen LogP contribution < -0.4 is 0 Å². The number of aryl methyl sites for hydroxylation is 1. The van der Waals surface area contributed by atoms with Crippen molar-refractivity contribution in [2.75, 3.05) is 0 Å². The van der Waals surface area contributed by atoms with E-state index in [9.17, 15) is 18.0 Å². The largest absolute Gasteiger partial charge is 0.287 e. The molecular formula is C13H10ClF3N2O. The van der Waals surface area contributed by atoms with Crippen molar-refractivity contribution >= 4 is 17.4 Å². The number of carbonyl (C=O) groups excluding carboxylic acids is 1. The fourth-order valence-electron chi connectivity index (χ4n) is 1.85. The van der Waals surface area contributed by atoms with Crippen molar-refractivity contribution < 1.29 is 18.0 Å². The molecular weight excluding hydrogens is 293 g/mol. The SMILES string of the molecule is CCCn1ncc(Cl)c1C(=O)c1c(F)cc(F)cc1F. The van der Waals surface area contributed by atoms with E-state index in [0.29, 0.717) is 25.1 Å². The van der Waals surface area contributed by atoms with Crippen molar-refractivity contribution in [1.29, 1.82) is 0 Å². The topological polar surface area (TPSA) is 34.9 Å². The molecule has 106 valence electrons. The lowest BCUT2D eigenvalue weighted by Gasteiger charge is -2.08. The molecule has 3 nitrogen and oxygen atoms in total. The molecule has 0 aliphatic rings. The van der Waals surface area contributed by atoms with Crippen molar-refractivity contribution in [3.05, 3.63) is 52.1 Å². The third kappa shape index (κ3) is 2.56. The molecule has 0 bridgehead atoms. The highest BCUT2D eigenvalue weighted by Crippen LogP contribution is 2.23. The molecule has 0 atom stereocenters. The molecule has 0 saturated heterocycles. The summed E-state index contributed by atoms with van der Waals surface area (Å²) in [6, 6.07) is 0.898. The van der Waals surface area contributed by atoms with E-state index in [2.05, 4.69) is 5.10 Å². The number of halogens is 4. The molecule has 0 amide bonds. The first kappa shape index (κ1) is 14.6. The Bertz CT molecular complexity index is 647. The van der Waals surface area contributed by atoms with Crippen molar-refractivity contribution in [2.45, 2.75) is 19.9 Å². The van der Waals surface area contributed by atoms with E-state index in [1.54, 1.807) is 0 Å². The second-order valence-corrected chi connectivity index (χ2v) is 4.55. The molecule has 0 radical (unpaired) electrons. The molecule has 2 rings (SSSR count). The van der Waals surface area contributed by atoms with Gasteiger partial charge in [0.2, 0.25) is 5.78 Å². The monoisotopic (exact) mass is 302 g/mol. The predicted octanol–water partition coefficient (Wildman–Crippen LogP) is 3.59. The van der Waals surface area contributed by atoms with Crippen LogP contribution in [-0.4, -0.2) is 15.6 Å². The first-order valence-corrected chi connectivity index (χ1v) is 6.24. The zero-order chi connectivity index (χ0) is 14.9. The standard InChI is InChI=1S/C13H10ClF3N2O/c1-2-3-19-12(8(14)6-18-19)13(20)11-9(16)4-7(15)5-10(11)17/h4-6H,2-3H2,1H3. The van der Waals surface area contributed by atoms with Gasteiger partial charge in [0.1, 0.15) is 23.1 Å². The molecule has 1 aromatic carbocycles. The van der Waals surface area contributed by atoms with Crippen LogP contribution in [0.25, 0.3) is 0 Å². The number of aromatic nitrogens is 2. The molecule has 0 N–H and O–H groups in total. The van der Waals surface area contributed by atoms with Gasteiger partial charge in [0, 0.05) is 18.7 Å². The van der Waals surface area contributed by atoms with Gasteiger partial charge in [-0.3, -0.25) is 9.48 Å². The summed E-state index contributed by atoms with van der Waals surface area (Å²) in [7, 11) is 0. The van der Waals surface area contributed by atoms with Crippen LogP contribution in [0.15, 0.2) is 18.3 Å². The molecule has 2 aromatic rings. The van der Waals surface area contributed by atoms with Crippen LogP contribution in [0.3, 0.4) is 0 Å². The van der Waals surface area contributed by atoms with Gasteiger partial charge in [-0.15, -0.1) is 0 Å². The summed E-state index contributed by atoms with van der Waals surface area (Å²) in [5.74, 6) is -4.60. The summed E-state index contributed by atoms with van der Waals surface area (Å²) in [6.07, 6.45) is 1.89. The van der Waals surface area contributed by atoms with Crippen LogP contribution >= 0.6 is 11.6 Å². The van der Waals surface area contributed by atoms with Gasteiger partial charge in [-0.1, -0.05) is 18.5 Å². The fraction of sp³-hybridized carbons (Fsp3) is 0.231. The number of hydrogen-bond acceptors (Lipinski definition) is 2. The van der Waals surface area contributed by atoms with Gasteiger partial charge in [-0.2, -0.15) is 5.10 Å². The molecule has 0 unspecified atom stereocenters. The summed E-state index contributed by atoms with van der Waals surface area (Å²) >= 11 is 5.84. The fourth-order valence-corrected chi connectivity index (χ4v) is 2.07. The molecule has 0 aliphatic carbocycles. The lowest BCUT2D eigenvalue weighted by atomic mass is 10.1. The second-order valence-electron chi connectivity index (χ2n) is 4.14. The average molecular weight is 303 g/mol. The Balaban J connectivity index is 2.55. The van der Waals surface area contributed by atoms with Crippen LogP contribution in [0.4, 0.5) is 13.2 Å². The Morgan fingerprint density at radius 2 is 1.90 bits per heavy atom. The van der Waals surface area contributed by atoms with E-state index >= 15 is 0 Å². The minimum absolute atomic E-state index is 0.00780. The predicted molar refractivity (Wildman–Crippen MR) is 67.3 cm³/mol. The van der Waals surface area contributed by atoms with E-state index in [1.807, 2.05) is 6.92 Å². The van der Waals surface area contributed by atoms with E-state index in [0.717, 1.165) is 0 Å². The summed E-state index contributed by atoms with van der Waals surface area (Å²) < 4.78 is 41.4. The molecule has 0 spiro atoms. The number of ketones is 1. The van der Waals surface area contributed by atoms with Gasteiger partial charge in [0.15, 0.2) is 0 Å². The van der Waals surface area contributed by atoms with Crippen molar-refractivity contribution in [2.24, 2.45) is 0 Å². The maximum absolute atomic E-state index is 13.6. The molecule has 0 aliphatic heterocycles. The number of rotatable bonds is 4. The Morgan fingerprint density at radius 1 is 1.30 bits per heavy atom. The van der Waals surface area contributed by atoms with E-state index in [-0.39, 0.29) is 10.7 Å². The maximum atomic E-state index is 13.6. The van der Waals surface area contributed by atoms with Gasteiger partial charge >= 0.3 is 0 Å². The van der Waals surface area contributed by atoms with Crippen LogP contribution in [0, 0.1) is 17.5 Å². The zero-order valence-corrected chi connectivity index (χ0v) is 11.2. The molecule has 7 heteroatoms. The van der Waals surface area contributed by atoms with Crippen LogP contribution in [-0.2, 0) is 6.54 Å². The quantitative estimate of drug-likeness (QED) is 0.809. The van der Waals surface area contributed by atoms with Crippen LogP contribution in [0.1, 0.15) is 29.4 Å². The molecule has 1 aromatic heterocycles. The van der Waals surface area contributed by atoms with Crippen molar-refractivity contribution in [3.63, 3.8) is 0 Å². The Labute approximate surface area is 118 Å². The number of nitrogens with zero attached hydrogens (tertiary/aromatic N) is 2. The highest BCUT2D eigenvalue weighted by Gasteiger charge is 2.25. The average Bonchev–Trinajstić information content (AvgIpc) is 2.69. The molecule has 1 heterocycles. The highest BCUT2D eigenvalue weighted by molar-refractivity contribution is 6.34. The first-order valence-electron chi connectivity index (χ1n) is 5.86. The molecule has 0 fully saturated rings. The smallest absolute Gasteiger partial charge is 0.218 e. The zero-order valence-electron chi connectivity index (χ0n) is 10.5. The van der Waals surface area contributed by atoms with E-state index < -0.39 is 28.8 Å². The minimum atomic E-state index is -1.27. The maximum Gasteiger partial charge on any atom is 0.218 e. The number of hydrogen-bond donors (Lipinski definition) is 0. The van der Waals surface area contributed by atoms with Crippen LogP contribution in [0.2, 0.25) is 5.02 Å². The third-order valence-corrected chi connectivity index (χ3v) is 2.96. The van der Waals surface area contributed by atoms with Crippen molar-refractivity contribution in [1.82, 2.24) is 9.78 Å².